The Morgan fingerprint density at radius 3 is 2.14 bits per heavy atom. The number of esters is 1. The molecule has 2 aromatic carbocycles. The number of nitriles is 1. The Kier molecular flexibility index (Phi) is 7.85. The summed E-state index contributed by atoms with van der Waals surface area (Å²) in [4.78, 5) is 22.3. The summed E-state index contributed by atoms with van der Waals surface area (Å²) in [5, 5.41) is 17.9. The summed E-state index contributed by atoms with van der Waals surface area (Å²) >= 11 is 0. The summed E-state index contributed by atoms with van der Waals surface area (Å²) in [7, 11) is 0. The van der Waals surface area contributed by atoms with E-state index in [4.69, 9.17) is 24.6 Å². The van der Waals surface area contributed by atoms with Crippen LogP contribution in [0.3, 0.4) is 0 Å². The Morgan fingerprint density at radius 2 is 1.57 bits per heavy atom. The van der Waals surface area contributed by atoms with Gasteiger partial charge in [-0.2, -0.15) is 5.26 Å². The van der Waals surface area contributed by atoms with Gasteiger partial charge in [0.15, 0.2) is 0 Å². The molecule has 0 aromatic heterocycles. The van der Waals surface area contributed by atoms with Crippen molar-refractivity contribution in [2.45, 2.75) is 26.2 Å². The number of carboxylic acid groups (broad SMARTS) is 1. The number of rotatable bonds is 10. The number of carbonyl (C=O) groups is 2. The zero-order valence-electron chi connectivity index (χ0n) is 15.5. The predicted octanol–water partition coefficient (Wildman–Crippen LogP) is 3.81. The molecule has 0 amide bonds. The summed E-state index contributed by atoms with van der Waals surface area (Å²) in [5.74, 6) is -0.637. The number of nitrogens with zero attached hydrogens (tertiary/aromatic N) is 1. The van der Waals surface area contributed by atoms with Crippen LogP contribution in [0.5, 0.6) is 17.2 Å². The van der Waals surface area contributed by atoms with Crippen molar-refractivity contribution in [3.8, 4) is 23.3 Å². The summed E-state index contributed by atoms with van der Waals surface area (Å²) in [5.41, 5.74) is 0.500. The third kappa shape index (κ3) is 6.65. The molecule has 7 heteroatoms. The minimum Gasteiger partial charge on any atom is -0.494 e. The van der Waals surface area contributed by atoms with Crippen LogP contribution < -0.4 is 14.2 Å². The second-order valence-electron chi connectivity index (χ2n) is 5.95. The first-order chi connectivity index (χ1) is 13.5. The Bertz CT molecular complexity index is 854. The number of carbonyl (C=O) groups excluding carboxylic acids is 1. The van der Waals surface area contributed by atoms with Gasteiger partial charge in [0, 0.05) is 13.0 Å². The molecular formula is C21H21NO6. The molecule has 0 aliphatic rings. The van der Waals surface area contributed by atoms with Crippen molar-refractivity contribution in [2.75, 3.05) is 13.2 Å². The van der Waals surface area contributed by atoms with E-state index < -0.39 is 11.9 Å². The van der Waals surface area contributed by atoms with Gasteiger partial charge >= 0.3 is 11.9 Å². The van der Waals surface area contributed by atoms with Gasteiger partial charge in [-0.1, -0.05) is 0 Å². The van der Waals surface area contributed by atoms with E-state index in [2.05, 4.69) is 6.07 Å². The van der Waals surface area contributed by atoms with E-state index in [1.54, 1.807) is 24.3 Å². The molecule has 0 spiro atoms. The second kappa shape index (κ2) is 10.6. The standard InChI is InChI=1S/C21H21NO6/c1-15(23)28-20-13-18(9-10-19(20)21(24)25)27-12-4-2-3-11-26-17-7-5-16(14-22)6-8-17/h5-10,13H,2-4,11-12H2,1H3,(H,24,25). The summed E-state index contributed by atoms with van der Waals surface area (Å²) in [6, 6.07) is 13.3. The van der Waals surface area contributed by atoms with Gasteiger partial charge < -0.3 is 19.3 Å². The average Bonchev–Trinajstić information content (AvgIpc) is 2.67. The van der Waals surface area contributed by atoms with Crippen LogP contribution in [-0.4, -0.2) is 30.3 Å². The van der Waals surface area contributed by atoms with Crippen LogP contribution in [0.2, 0.25) is 0 Å². The van der Waals surface area contributed by atoms with Crippen molar-refractivity contribution in [1.29, 1.82) is 5.26 Å². The second-order valence-corrected chi connectivity index (χ2v) is 5.95. The molecule has 2 rings (SSSR count). The average molecular weight is 383 g/mol. The quantitative estimate of drug-likeness (QED) is 0.378. The van der Waals surface area contributed by atoms with Gasteiger partial charge in [-0.25, -0.2) is 4.79 Å². The van der Waals surface area contributed by atoms with E-state index in [9.17, 15) is 9.59 Å². The first-order valence-corrected chi connectivity index (χ1v) is 8.81. The highest BCUT2D eigenvalue weighted by Gasteiger charge is 2.14. The maximum atomic E-state index is 11.2. The van der Waals surface area contributed by atoms with Crippen LogP contribution in [0.1, 0.15) is 42.1 Å². The van der Waals surface area contributed by atoms with Gasteiger partial charge in [0.05, 0.1) is 24.8 Å². The highest BCUT2D eigenvalue weighted by molar-refractivity contribution is 5.92. The lowest BCUT2D eigenvalue weighted by atomic mass is 10.2. The fraction of sp³-hybridized carbons (Fsp3) is 0.286. The van der Waals surface area contributed by atoms with E-state index in [-0.39, 0.29) is 11.3 Å². The molecule has 0 aliphatic heterocycles. The molecule has 28 heavy (non-hydrogen) atoms. The number of hydrogen-bond acceptors (Lipinski definition) is 6. The van der Waals surface area contributed by atoms with Gasteiger partial charge in [0.1, 0.15) is 22.8 Å². The molecule has 0 atom stereocenters. The first kappa shape index (κ1) is 20.8. The van der Waals surface area contributed by atoms with Crippen LogP contribution in [0, 0.1) is 11.3 Å². The molecule has 0 bridgehead atoms. The Hall–Kier alpha value is -3.53. The van der Waals surface area contributed by atoms with Crippen molar-refractivity contribution < 1.29 is 28.9 Å². The number of ether oxygens (including phenoxy) is 3. The summed E-state index contributed by atoms with van der Waals surface area (Å²) in [6.07, 6.45) is 2.53. The molecule has 0 saturated carbocycles. The normalized spacial score (nSPS) is 10.0. The highest BCUT2D eigenvalue weighted by atomic mass is 16.5. The molecule has 0 saturated heterocycles. The molecule has 1 N–H and O–H groups in total. The first-order valence-electron chi connectivity index (χ1n) is 8.81. The lowest BCUT2D eigenvalue weighted by Gasteiger charge is -2.10. The van der Waals surface area contributed by atoms with E-state index in [1.807, 2.05) is 0 Å². The smallest absolute Gasteiger partial charge is 0.339 e. The minimum atomic E-state index is -1.18. The van der Waals surface area contributed by atoms with Gasteiger partial charge in [-0.05, 0) is 55.7 Å². The van der Waals surface area contributed by atoms with Crippen molar-refractivity contribution >= 4 is 11.9 Å². The maximum absolute atomic E-state index is 11.2. The molecule has 0 aliphatic carbocycles. The third-order valence-corrected chi connectivity index (χ3v) is 3.75. The molecule has 0 radical (unpaired) electrons. The maximum Gasteiger partial charge on any atom is 0.339 e. The van der Waals surface area contributed by atoms with Crippen LogP contribution in [-0.2, 0) is 4.79 Å². The number of carboxylic acids is 1. The van der Waals surface area contributed by atoms with Crippen molar-refractivity contribution in [3.63, 3.8) is 0 Å². The molecule has 2 aromatic rings. The van der Waals surface area contributed by atoms with Crippen molar-refractivity contribution in [2.24, 2.45) is 0 Å². The Morgan fingerprint density at radius 1 is 0.964 bits per heavy atom. The molecule has 0 fully saturated rings. The van der Waals surface area contributed by atoms with E-state index >= 15 is 0 Å². The molecular weight excluding hydrogens is 362 g/mol. The number of hydrogen-bond donors (Lipinski definition) is 1. The van der Waals surface area contributed by atoms with Crippen LogP contribution in [0.15, 0.2) is 42.5 Å². The lowest BCUT2D eigenvalue weighted by Crippen LogP contribution is -2.08. The Labute approximate surface area is 163 Å². The largest absolute Gasteiger partial charge is 0.494 e. The zero-order valence-corrected chi connectivity index (χ0v) is 15.5. The molecule has 0 heterocycles. The third-order valence-electron chi connectivity index (χ3n) is 3.75. The SMILES string of the molecule is CC(=O)Oc1cc(OCCCCCOc2ccc(C#N)cc2)ccc1C(=O)O. The van der Waals surface area contributed by atoms with E-state index in [0.717, 1.165) is 25.0 Å². The van der Waals surface area contributed by atoms with Crippen molar-refractivity contribution in [1.82, 2.24) is 0 Å². The van der Waals surface area contributed by atoms with Gasteiger partial charge in [-0.15, -0.1) is 0 Å². The monoisotopic (exact) mass is 383 g/mol. The predicted molar refractivity (Wildman–Crippen MR) is 101 cm³/mol. The van der Waals surface area contributed by atoms with Crippen LogP contribution in [0.25, 0.3) is 0 Å². The summed E-state index contributed by atoms with van der Waals surface area (Å²) < 4.78 is 16.1. The Balaban J connectivity index is 1.70. The van der Waals surface area contributed by atoms with Gasteiger partial charge in [0.25, 0.3) is 0 Å². The fourth-order valence-electron chi connectivity index (χ4n) is 2.40. The molecule has 146 valence electrons. The molecule has 7 nitrogen and oxygen atoms in total. The lowest BCUT2D eigenvalue weighted by molar-refractivity contribution is -0.131. The van der Waals surface area contributed by atoms with Crippen LogP contribution in [0.4, 0.5) is 0 Å². The van der Waals surface area contributed by atoms with Crippen molar-refractivity contribution in [3.05, 3.63) is 53.6 Å². The van der Waals surface area contributed by atoms with E-state index in [0.29, 0.717) is 24.5 Å². The summed E-state index contributed by atoms with van der Waals surface area (Å²) in [6.45, 7) is 2.22. The van der Waals surface area contributed by atoms with Gasteiger partial charge in [-0.3, -0.25) is 4.79 Å². The minimum absolute atomic E-state index is 0.0340. The molecule has 0 unspecified atom stereocenters. The number of aromatic carboxylic acids is 1. The van der Waals surface area contributed by atoms with Gasteiger partial charge in [0.2, 0.25) is 0 Å². The number of unbranched alkanes of at least 4 members (excludes halogenated alkanes) is 2. The number of benzene rings is 2. The fourth-order valence-corrected chi connectivity index (χ4v) is 2.40. The van der Waals surface area contributed by atoms with Crippen LogP contribution >= 0.6 is 0 Å². The topological polar surface area (TPSA) is 106 Å². The van der Waals surface area contributed by atoms with E-state index in [1.165, 1.54) is 25.1 Å². The highest BCUT2D eigenvalue weighted by Crippen LogP contribution is 2.25. The zero-order chi connectivity index (χ0) is 20.4.